The summed E-state index contributed by atoms with van der Waals surface area (Å²) < 4.78 is 0. The van der Waals surface area contributed by atoms with Gasteiger partial charge in [-0.2, -0.15) is 5.26 Å². The first-order chi connectivity index (χ1) is 8.69. The van der Waals surface area contributed by atoms with E-state index in [2.05, 4.69) is 29.3 Å². The molecule has 2 rings (SSSR count). The summed E-state index contributed by atoms with van der Waals surface area (Å²) in [6, 6.07) is 6.91. The maximum Gasteiger partial charge on any atom is 0.140 e. The molecular formula is C14H20N4. The number of hydrogen-bond donors (Lipinski definition) is 1. The zero-order valence-electron chi connectivity index (χ0n) is 11.1. The zero-order valence-corrected chi connectivity index (χ0v) is 11.1. The van der Waals surface area contributed by atoms with Gasteiger partial charge in [-0.1, -0.05) is 0 Å². The number of anilines is 1. The number of hydrogen-bond acceptors (Lipinski definition) is 4. The van der Waals surface area contributed by atoms with Gasteiger partial charge in [-0.25, -0.2) is 4.98 Å². The van der Waals surface area contributed by atoms with Crippen LogP contribution in [0, 0.1) is 11.3 Å². The monoisotopic (exact) mass is 244 g/mol. The minimum absolute atomic E-state index is 0.468. The normalized spacial score (nSPS) is 23.7. The Labute approximate surface area is 109 Å². The molecule has 2 unspecified atom stereocenters. The molecule has 0 spiro atoms. The second-order valence-corrected chi connectivity index (χ2v) is 5.17. The molecule has 4 heteroatoms. The summed E-state index contributed by atoms with van der Waals surface area (Å²) in [6.07, 6.45) is 6.69. The summed E-state index contributed by atoms with van der Waals surface area (Å²) >= 11 is 0. The number of nitrogens with one attached hydrogen (secondary N) is 1. The molecule has 1 aromatic rings. The van der Waals surface area contributed by atoms with Crippen molar-refractivity contribution in [2.24, 2.45) is 0 Å². The third-order valence-electron chi connectivity index (χ3n) is 3.63. The van der Waals surface area contributed by atoms with Crippen molar-refractivity contribution in [1.29, 1.82) is 5.26 Å². The van der Waals surface area contributed by atoms with Gasteiger partial charge < -0.3 is 10.2 Å². The van der Waals surface area contributed by atoms with E-state index < -0.39 is 0 Å². The quantitative estimate of drug-likeness (QED) is 0.886. The van der Waals surface area contributed by atoms with Crippen LogP contribution in [-0.2, 0) is 0 Å². The van der Waals surface area contributed by atoms with E-state index in [1.165, 1.54) is 25.7 Å². The van der Waals surface area contributed by atoms with Crippen LogP contribution in [0.3, 0.4) is 0 Å². The third kappa shape index (κ3) is 3.21. The number of nitriles is 1. The smallest absolute Gasteiger partial charge is 0.140 e. The van der Waals surface area contributed by atoms with Gasteiger partial charge >= 0.3 is 0 Å². The third-order valence-corrected chi connectivity index (χ3v) is 3.63. The Kier molecular flexibility index (Phi) is 4.16. The first-order valence-corrected chi connectivity index (χ1v) is 6.48. The average Bonchev–Trinajstić information content (AvgIpc) is 2.40. The average molecular weight is 244 g/mol. The van der Waals surface area contributed by atoms with Crippen LogP contribution in [-0.4, -0.2) is 36.1 Å². The lowest BCUT2D eigenvalue weighted by Gasteiger charge is -2.34. The van der Waals surface area contributed by atoms with Crippen LogP contribution < -0.4 is 5.32 Å². The molecule has 0 aromatic carbocycles. The number of rotatable bonds is 3. The summed E-state index contributed by atoms with van der Waals surface area (Å²) in [4.78, 5) is 6.39. The molecule has 0 aliphatic heterocycles. The molecule has 4 nitrogen and oxygen atoms in total. The van der Waals surface area contributed by atoms with Gasteiger partial charge in [-0.15, -0.1) is 0 Å². The highest BCUT2D eigenvalue weighted by Crippen LogP contribution is 2.24. The number of nitrogens with zero attached hydrogens (tertiary/aromatic N) is 3. The summed E-state index contributed by atoms with van der Waals surface area (Å²) in [7, 11) is 4.30. The van der Waals surface area contributed by atoms with E-state index in [-0.39, 0.29) is 0 Å². The molecule has 0 bridgehead atoms. The van der Waals surface area contributed by atoms with Crippen molar-refractivity contribution in [2.45, 2.75) is 37.8 Å². The minimum atomic E-state index is 0.468. The highest BCUT2D eigenvalue weighted by molar-refractivity contribution is 5.43. The highest BCUT2D eigenvalue weighted by atomic mass is 15.1. The summed E-state index contributed by atoms with van der Waals surface area (Å²) in [5, 5.41) is 12.2. The van der Waals surface area contributed by atoms with Gasteiger partial charge in [-0.3, -0.25) is 0 Å². The van der Waals surface area contributed by atoms with Crippen LogP contribution in [0.15, 0.2) is 18.3 Å². The Bertz CT molecular complexity index is 418. The Morgan fingerprint density at radius 3 is 2.83 bits per heavy atom. The lowest BCUT2D eigenvalue weighted by Crippen LogP contribution is -2.38. The summed E-state index contributed by atoms with van der Waals surface area (Å²) in [5.41, 5.74) is 1.48. The second-order valence-electron chi connectivity index (χ2n) is 5.17. The van der Waals surface area contributed by atoms with Crippen molar-refractivity contribution in [3.8, 4) is 6.07 Å². The molecular weight excluding hydrogens is 224 g/mol. The van der Waals surface area contributed by atoms with Gasteiger partial charge in [0.1, 0.15) is 11.8 Å². The van der Waals surface area contributed by atoms with Gasteiger partial charge in [0.05, 0.1) is 11.9 Å². The summed E-state index contributed by atoms with van der Waals surface area (Å²) in [6.45, 7) is 0. The molecule has 1 aromatic heterocycles. The topological polar surface area (TPSA) is 52.0 Å². The van der Waals surface area contributed by atoms with Crippen molar-refractivity contribution < 1.29 is 0 Å². The van der Waals surface area contributed by atoms with Crippen molar-refractivity contribution in [3.05, 3.63) is 24.0 Å². The fourth-order valence-electron chi connectivity index (χ4n) is 2.55. The molecule has 1 fully saturated rings. The van der Waals surface area contributed by atoms with E-state index >= 15 is 0 Å². The van der Waals surface area contributed by atoms with E-state index in [0.717, 1.165) is 5.69 Å². The van der Waals surface area contributed by atoms with Gasteiger partial charge in [0.15, 0.2) is 0 Å². The molecule has 1 saturated carbocycles. The molecule has 96 valence electrons. The summed E-state index contributed by atoms with van der Waals surface area (Å²) in [5.74, 6) is 0. The standard InChI is InChI=1S/C14H20N4/c1-18(2)14-5-3-4-11(8-14)17-13-7-6-12(9-15)16-10-13/h6-7,10-11,14,17H,3-5,8H2,1-2H3. The molecule has 1 aliphatic rings. The Balaban J connectivity index is 1.94. The molecule has 18 heavy (non-hydrogen) atoms. The van der Waals surface area contributed by atoms with Gasteiger partial charge in [0, 0.05) is 12.1 Å². The van der Waals surface area contributed by atoms with E-state index in [9.17, 15) is 0 Å². The van der Waals surface area contributed by atoms with Crippen LogP contribution >= 0.6 is 0 Å². The van der Waals surface area contributed by atoms with Crippen molar-refractivity contribution in [2.75, 3.05) is 19.4 Å². The van der Waals surface area contributed by atoms with Gasteiger partial charge in [0.2, 0.25) is 0 Å². The second kappa shape index (κ2) is 5.83. The molecule has 2 atom stereocenters. The van der Waals surface area contributed by atoms with E-state index in [0.29, 0.717) is 17.8 Å². The Hall–Kier alpha value is -1.60. The van der Waals surface area contributed by atoms with Gasteiger partial charge in [0.25, 0.3) is 0 Å². The Morgan fingerprint density at radius 2 is 2.22 bits per heavy atom. The minimum Gasteiger partial charge on any atom is -0.381 e. The van der Waals surface area contributed by atoms with Crippen molar-refractivity contribution in [3.63, 3.8) is 0 Å². The van der Waals surface area contributed by atoms with E-state index in [1.807, 2.05) is 12.1 Å². The zero-order chi connectivity index (χ0) is 13.0. The van der Waals surface area contributed by atoms with Crippen LogP contribution in [0.2, 0.25) is 0 Å². The Morgan fingerprint density at radius 1 is 1.39 bits per heavy atom. The maximum absolute atomic E-state index is 8.71. The first-order valence-electron chi connectivity index (χ1n) is 6.48. The van der Waals surface area contributed by atoms with Crippen LogP contribution in [0.5, 0.6) is 0 Å². The lowest BCUT2D eigenvalue weighted by molar-refractivity contribution is 0.219. The number of pyridine rings is 1. The van der Waals surface area contributed by atoms with E-state index in [4.69, 9.17) is 5.26 Å². The SMILES string of the molecule is CN(C)C1CCCC(Nc2ccc(C#N)nc2)C1. The fourth-order valence-corrected chi connectivity index (χ4v) is 2.55. The maximum atomic E-state index is 8.71. The highest BCUT2D eigenvalue weighted by Gasteiger charge is 2.23. The molecule has 0 saturated heterocycles. The van der Waals surface area contributed by atoms with Crippen LogP contribution in [0.1, 0.15) is 31.4 Å². The fraction of sp³-hybridized carbons (Fsp3) is 0.571. The van der Waals surface area contributed by atoms with E-state index in [1.54, 1.807) is 12.3 Å². The molecule has 0 radical (unpaired) electrons. The number of aromatic nitrogens is 1. The molecule has 0 amide bonds. The largest absolute Gasteiger partial charge is 0.381 e. The predicted molar refractivity (Wildman–Crippen MR) is 72.3 cm³/mol. The van der Waals surface area contributed by atoms with Gasteiger partial charge in [-0.05, 0) is 51.9 Å². The molecule has 1 N–H and O–H groups in total. The lowest BCUT2D eigenvalue weighted by atomic mass is 9.90. The van der Waals surface area contributed by atoms with Crippen molar-refractivity contribution in [1.82, 2.24) is 9.88 Å². The van der Waals surface area contributed by atoms with Crippen molar-refractivity contribution >= 4 is 5.69 Å². The molecule has 1 aliphatic carbocycles. The predicted octanol–water partition coefficient (Wildman–Crippen LogP) is 2.24. The first kappa shape index (κ1) is 12.8. The van der Waals surface area contributed by atoms with Crippen LogP contribution in [0.4, 0.5) is 5.69 Å². The van der Waals surface area contributed by atoms with Crippen LogP contribution in [0.25, 0.3) is 0 Å². The molecule has 1 heterocycles.